The summed E-state index contributed by atoms with van der Waals surface area (Å²) in [5.41, 5.74) is 1.17. The van der Waals surface area contributed by atoms with Gasteiger partial charge in [0, 0.05) is 0 Å². The lowest BCUT2D eigenvalue weighted by molar-refractivity contribution is 0.126. The van der Waals surface area contributed by atoms with Crippen LogP contribution in [0.4, 0.5) is 0 Å². The molecule has 1 N–H and O–H groups in total. The smallest absolute Gasteiger partial charge is 0.115 e. The van der Waals surface area contributed by atoms with E-state index in [1.54, 1.807) is 0 Å². The maximum atomic E-state index is 9.70. The van der Waals surface area contributed by atoms with E-state index in [9.17, 15) is 5.11 Å². The Kier molecular flexibility index (Phi) is 2.85. The molecule has 0 aromatic heterocycles. The Balaban J connectivity index is 1.93. The van der Waals surface area contributed by atoms with Gasteiger partial charge >= 0.3 is 0 Å². The largest absolute Gasteiger partial charge is 0.390 e. The first-order valence-corrected chi connectivity index (χ1v) is 5.21. The Hall–Kier alpha value is -0.860. The molecule has 1 aliphatic heterocycles. The predicted octanol–water partition coefficient (Wildman–Crippen LogP) is 2.29. The van der Waals surface area contributed by atoms with Crippen LogP contribution in [0.3, 0.4) is 0 Å². The molecule has 3 unspecified atom stereocenters. The van der Waals surface area contributed by atoms with Crippen LogP contribution in [0.1, 0.15) is 31.4 Å². The molecule has 0 aliphatic carbocycles. The van der Waals surface area contributed by atoms with Crippen molar-refractivity contribution >= 4 is 0 Å². The lowest BCUT2D eigenvalue weighted by Gasteiger charge is -2.04. The third kappa shape index (κ3) is 1.97. The van der Waals surface area contributed by atoms with Crippen molar-refractivity contribution in [3.05, 3.63) is 35.9 Å². The highest BCUT2D eigenvalue weighted by atomic mass is 16.6. The minimum Gasteiger partial charge on any atom is -0.390 e. The van der Waals surface area contributed by atoms with E-state index in [4.69, 9.17) is 4.74 Å². The summed E-state index contributed by atoms with van der Waals surface area (Å²) in [4.78, 5) is 0. The van der Waals surface area contributed by atoms with Crippen LogP contribution >= 0.6 is 0 Å². The average molecular weight is 192 g/mol. The minimum absolute atomic E-state index is 0.0253. The average Bonchev–Trinajstić information content (AvgIpc) is 2.99. The molecule has 0 saturated carbocycles. The third-order valence-electron chi connectivity index (χ3n) is 2.62. The number of aliphatic hydroxyl groups is 1. The van der Waals surface area contributed by atoms with E-state index in [0.29, 0.717) is 0 Å². The fourth-order valence-electron chi connectivity index (χ4n) is 1.79. The Morgan fingerprint density at radius 3 is 2.71 bits per heavy atom. The summed E-state index contributed by atoms with van der Waals surface area (Å²) in [5, 5.41) is 9.70. The highest BCUT2D eigenvalue weighted by molar-refractivity contribution is 5.22. The maximum Gasteiger partial charge on any atom is 0.115 e. The molecule has 76 valence electrons. The van der Waals surface area contributed by atoms with Crippen LogP contribution in [0, 0.1) is 0 Å². The Morgan fingerprint density at radius 2 is 2.07 bits per heavy atom. The molecule has 0 spiro atoms. The van der Waals surface area contributed by atoms with Crippen LogP contribution in [0.5, 0.6) is 0 Å². The predicted molar refractivity (Wildman–Crippen MR) is 55.0 cm³/mol. The van der Waals surface area contributed by atoms with E-state index < -0.39 is 0 Å². The van der Waals surface area contributed by atoms with Crippen LogP contribution in [0.2, 0.25) is 0 Å². The van der Waals surface area contributed by atoms with E-state index in [0.717, 1.165) is 12.8 Å². The van der Waals surface area contributed by atoms with Crippen molar-refractivity contribution in [1.82, 2.24) is 0 Å². The SMILES string of the molecule is CCCC(O)C1OC1c1ccccc1. The first-order valence-electron chi connectivity index (χ1n) is 5.21. The normalized spacial score (nSPS) is 27.3. The number of epoxide rings is 1. The molecule has 1 heterocycles. The van der Waals surface area contributed by atoms with Gasteiger partial charge in [0.05, 0.1) is 6.10 Å². The molecule has 1 saturated heterocycles. The van der Waals surface area contributed by atoms with Crippen molar-refractivity contribution in [1.29, 1.82) is 0 Å². The van der Waals surface area contributed by atoms with Gasteiger partial charge in [-0.25, -0.2) is 0 Å². The standard InChI is InChI=1S/C12H16O2/c1-2-6-10(13)12-11(14-12)9-7-4-3-5-8-9/h3-5,7-8,10-13H,2,6H2,1H3. The first kappa shape index (κ1) is 9.69. The summed E-state index contributed by atoms with van der Waals surface area (Å²) in [5.74, 6) is 0. The van der Waals surface area contributed by atoms with E-state index in [1.807, 2.05) is 30.3 Å². The highest BCUT2D eigenvalue weighted by Gasteiger charge is 2.44. The molecule has 0 bridgehead atoms. The molecule has 2 rings (SSSR count). The quantitative estimate of drug-likeness (QED) is 0.742. The molecule has 1 aromatic carbocycles. The molecular formula is C12H16O2. The van der Waals surface area contributed by atoms with Gasteiger partial charge in [0.2, 0.25) is 0 Å². The second-order valence-corrected chi connectivity index (χ2v) is 3.79. The fourth-order valence-corrected chi connectivity index (χ4v) is 1.79. The maximum absolute atomic E-state index is 9.70. The van der Waals surface area contributed by atoms with Gasteiger partial charge in [-0.05, 0) is 12.0 Å². The number of hydrogen-bond acceptors (Lipinski definition) is 2. The highest BCUT2D eigenvalue weighted by Crippen LogP contribution is 2.41. The van der Waals surface area contributed by atoms with E-state index in [1.165, 1.54) is 5.56 Å². The zero-order chi connectivity index (χ0) is 9.97. The van der Waals surface area contributed by atoms with Gasteiger partial charge in [-0.1, -0.05) is 43.7 Å². The monoisotopic (exact) mass is 192 g/mol. The molecule has 2 nitrogen and oxygen atoms in total. The zero-order valence-corrected chi connectivity index (χ0v) is 8.39. The number of rotatable bonds is 4. The van der Waals surface area contributed by atoms with E-state index in [-0.39, 0.29) is 18.3 Å². The number of ether oxygens (including phenoxy) is 1. The molecule has 14 heavy (non-hydrogen) atoms. The molecule has 3 atom stereocenters. The molecule has 0 amide bonds. The number of hydrogen-bond donors (Lipinski definition) is 1. The van der Waals surface area contributed by atoms with Crippen LogP contribution in [0.15, 0.2) is 30.3 Å². The molecule has 1 aromatic rings. The summed E-state index contributed by atoms with van der Waals surface area (Å²) >= 11 is 0. The van der Waals surface area contributed by atoms with Crippen molar-refractivity contribution in [2.24, 2.45) is 0 Å². The lowest BCUT2D eigenvalue weighted by atomic mass is 10.0. The van der Waals surface area contributed by atoms with Gasteiger partial charge in [-0.15, -0.1) is 0 Å². The second kappa shape index (κ2) is 4.11. The van der Waals surface area contributed by atoms with Gasteiger partial charge in [0.1, 0.15) is 12.2 Å². The molecule has 0 radical (unpaired) electrons. The summed E-state index contributed by atoms with van der Waals surface area (Å²) in [7, 11) is 0. The van der Waals surface area contributed by atoms with Gasteiger partial charge in [-0.3, -0.25) is 0 Å². The Labute approximate surface area is 84.5 Å². The molecule has 1 fully saturated rings. The van der Waals surface area contributed by atoms with Crippen molar-refractivity contribution in [2.75, 3.05) is 0 Å². The Morgan fingerprint density at radius 1 is 1.36 bits per heavy atom. The molecule has 2 heteroatoms. The van der Waals surface area contributed by atoms with Crippen molar-refractivity contribution < 1.29 is 9.84 Å². The number of benzene rings is 1. The summed E-state index contributed by atoms with van der Waals surface area (Å²) < 4.78 is 5.47. The fraction of sp³-hybridized carbons (Fsp3) is 0.500. The summed E-state index contributed by atoms with van der Waals surface area (Å²) in [6.07, 6.45) is 1.68. The number of aliphatic hydroxyl groups excluding tert-OH is 1. The van der Waals surface area contributed by atoms with E-state index >= 15 is 0 Å². The van der Waals surface area contributed by atoms with Gasteiger partial charge in [0.25, 0.3) is 0 Å². The molecular weight excluding hydrogens is 176 g/mol. The van der Waals surface area contributed by atoms with E-state index in [2.05, 4.69) is 6.92 Å². The van der Waals surface area contributed by atoms with Crippen molar-refractivity contribution in [2.45, 2.75) is 38.1 Å². The topological polar surface area (TPSA) is 32.8 Å². The first-order chi connectivity index (χ1) is 6.83. The van der Waals surface area contributed by atoms with Crippen LogP contribution in [-0.4, -0.2) is 17.3 Å². The second-order valence-electron chi connectivity index (χ2n) is 3.79. The van der Waals surface area contributed by atoms with Crippen LogP contribution in [0.25, 0.3) is 0 Å². The van der Waals surface area contributed by atoms with Gasteiger partial charge in [0.15, 0.2) is 0 Å². The van der Waals surface area contributed by atoms with Gasteiger partial charge < -0.3 is 9.84 Å². The van der Waals surface area contributed by atoms with Crippen LogP contribution < -0.4 is 0 Å². The van der Waals surface area contributed by atoms with Crippen molar-refractivity contribution in [3.63, 3.8) is 0 Å². The summed E-state index contributed by atoms with van der Waals surface area (Å²) in [6, 6.07) is 10.1. The van der Waals surface area contributed by atoms with Crippen molar-refractivity contribution in [3.8, 4) is 0 Å². The van der Waals surface area contributed by atoms with Gasteiger partial charge in [-0.2, -0.15) is 0 Å². The zero-order valence-electron chi connectivity index (χ0n) is 8.39. The summed E-state index contributed by atoms with van der Waals surface area (Å²) in [6.45, 7) is 2.07. The Bertz CT molecular complexity index is 284. The lowest BCUT2D eigenvalue weighted by Crippen LogP contribution is -2.14. The third-order valence-corrected chi connectivity index (χ3v) is 2.62. The molecule has 1 aliphatic rings. The minimum atomic E-state index is -0.301. The van der Waals surface area contributed by atoms with Crippen LogP contribution in [-0.2, 0) is 4.74 Å².